The summed E-state index contributed by atoms with van der Waals surface area (Å²) in [5, 5.41) is 0. The first-order chi connectivity index (χ1) is 4.47. The fraction of sp³-hybridized carbons (Fsp3) is 1.00. The monoisotopic (exact) mass is 167 g/mol. The minimum Gasteiger partial charge on any atom is -0.324 e. The van der Waals surface area contributed by atoms with Crippen LogP contribution >= 0.6 is 11.8 Å². The maximum Gasteiger partial charge on any atom is 0.251 e. The molecule has 1 nitrogen and oxygen atoms in total. The van der Waals surface area contributed by atoms with Gasteiger partial charge in [-0.25, -0.2) is 8.78 Å². The van der Waals surface area contributed by atoms with Crippen LogP contribution in [0.4, 0.5) is 8.78 Å². The van der Waals surface area contributed by atoms with Crippen molar-refractivity contribution in [2.75, 3.05) is 12.0 Å². The van der Waals surface area contributed by atoms with E-state index in [1.54, 1.807) is 0 Å². The molecule has 0 aromatic heterocycles. The van der Waals surface area contributed by atoms with Gasteiger partial charge in [-0.2, -0.15) is 11.8 Å². The van der Waals surface area contributed by atoms with Crippen molar-refractivity contribution >= 4 is 11.8 Å². The molecule has 0 bridgehead atoms. The molecule has 0 radical (unpaired) electrons. The van der Waals surface area contributed by atoms with Gasteiger partial charge in [-0.3, -0.25) is 0 Å². The minimum atomic E-state index is -2.48. The molecule has 0 spiro atoms. The van der Waals surface area contributed by atoms with Crippen LogP contribution in [-0.2, 0) is 0 Å². The van der Waals surface area contributed by atoms with E-state index in [-0.39, 0.29) is 12.8 Å². The smallest absolute Gasteiger partial charge is 0.251 e. The molecule has 0 unspecified atom stereocenters. The molecule has 1 saturated carbocycles. The Kier molecular flexibility index (Phi) is 1.94. The summed E-state index contributed by atoms with van der Waals surface area (Å²) in [6.07, 6.45) is 1.60. The van der Waals surface area contributed by atoms with Crippen LogP contribution in [0.15, 0.2) is 0 Å². The fourth-order valence-electron chi connectivity index (χ4n) is 1.37. The number of hydrogen-bond acceptors (Lipinski definition) is 2. The van der Waals surface area contributed by atoms with Gasteiger partial charge < -0.3 is 5.73 Å². The maximum atomic E-state index is 12.3. The molecule has 1 aliphatic carbocycles. The minimum absolute atomic E-state index is 0.138. The van der Waals surface area contributed by atoms with E-state index in [1.807, 2.05) is 6.26 Å². The van der Waals surface area contributed by atoms with Crippen LogP contribution in [0.1, 0.15) is 12.8 Å². The Morgan fingerprint density at radius 1 is 1.50 bits per heavy atom. The molecule has 2 N–H and O–H groups in total. The van der Waals surface area contributed by atoms with Crippen LogP contribution in [-0.4, -0.2) is 23.5 Å². The lowest BCUT2D eigenvalue weighted by Gasteiger charge is -2.44. The second-order valence-electron chi connectivity index (χ2n) is 3.00. The Morgan fingerprint density at radius 2 is 2.00 bits per heavy atom. The van der Waals surface area contributed by atoms with Crippen molar-refractivity contribution in [1.82, 2.24) is 0 Å². The number of rotatable bonds is 2. The Hall–Kier alpha value is 0.170. The average molecular weight is 167 g/mol. The van der Waals surface area contributed by atoms with Crippen molar-refractivity contribution in [2.45, 2.75) is 24.3 Å². The SMILES string of the molecule is CSCC1(N)CC(F)(F)C1. The number of hydrogen-bond donors (Lipinski definition) is 1. The van der Waals surface area contributed by atoms with E-state index < -0.39 is 11.5 Å². The van der Waals surface area contributed by atoms with Gasteiger partial charge in [0, 0.05) is 24.1 Å². The summed E-state index contributed by atoms with van der Waals surface area (Å²) in [5.41, 5.74) is 5.01. The van der Waals surface area contributed by atoms with Gasteiger partial charge in [0.1, 0.15) is 0 Å². The molecule has 10 heavy (non-hydrogen) atoms. The number of nitrogens with two attached hydrogens (primary N) is 1. The molecule has 0 atom stereocenters. The Balaban J connectivity index is 2.34. The summed E-state index contributed by atoms with van der Waals surface area (Å²) in [6.45, 7) is 0. The van der Waals surface area contributed by atoms with Gasteiger partial charge in [-0.15, -0.1) is 0 Å². The van der Waals surface area contributed by atoms with Crippen molar-refractivity contribution in [3.8, 4) is 0 Å². The summed E-state index contributed by atoms with van der Waals surface area (Å²) >= 11 is 1.53. The molecule has 0 saturated heterocycles. The number of thioether (sulfide) groups is 1. The number of halogens is 2. The summed E-state index contributed by atoms with van der Waals surface area (Å²) in [4.78, 5) is 0. The lowest BCUT2D eigenvalue weighted by molar-refractivity contribution is -0.114. The normalized spacial score (nSPS) is 27.6. The van der Waals surface area contributed by atoms with Crippen molar-refractivity contribution in [3.63, 3.8) is 0 Å². The lowest BCUT2D eigenvalue weighted by atomic mass is 9.76. The van der Waals surface area contributed by atoms with E-state index in [0.717, 1.165) is 0 Å². The first-order valence-electron chi connectivity index (χ1n) is 3.13. The van der Waals surface area contributed by atoms with E-state index in [1.165, 1.54) is 11.8 Å². The predicted octanol–water partition coefficient (Wildman–Crippen LogP) is 1.48. The first kappa shape index (κ1) is 8.27. The van der Waals surface area contributed by atoms with Crippen LogP contribution in [0.25, 0.3) is 0 Å². The van der Waals surface area contributed by atoms with Crippen molar-refractivity contribution in [3.05, 3.63) is 0 Å². The Bertz CT molecular complexity index is 130. The molecule has 1 aliphatic rings. The molecule has 0 aromatic carbocycles. The van der Waals surface area contributed by atoms with Gasteiger partial charge >= 0.3 is 0 Å². The van der Waals surface area contributed by atoms with Crippen LogP contribution in [0.2, 0.25) is 0 Å². The Morgan fingerprint density at radius 3 is 2.30 bits per heavy atom. The van der Waals surface area contributed by atoms with Crippen molar-refractivity contribution in [1.29, 1.82) is 0 Å². The second kappa shape index (κ2) is 2.34. The molecule has 60 valence electrons. The fourth-order valence-corrected chi connectivity index (χ4v) is 2.15. The molecular formula is C6H11F2NS. The van der Waals surface area contributed by atoms with Crippen molar-refractivity contribution < 1.29 is 8.78 Å². The summed E-state index contributed by atoms with van der Waals surface area (Å²) in [6, 6.07) is 0. The van der Waals surface area contributed by atoms with E-state index in [2.05, 4.69) is 0 Å². The quantitative estimate of drug-likeness (QED) is 0.674. The van der Waals surface area contributed by atoms with Crippen LogP contribution in [0, 0.1) is 0 Å². The highest BCUT2D eigenvalue weighted by molar-refractivity contribution is 7.98. The average Bonchev–Trinajstić information content (AvgIpc) is 1.58. The summed E-state index contributed by atoms with van der Waals surface area (Å²) < 4.78 is 24.5. The molecule has 0 amide bonds. The van der Waals surface area contributed by atoms with E-state index in [0.29, 0.717) is 5.75 Å². The zero-order valence-corrected chi connectivity index (χ0v) is 6.68. The second-order valence-corrected chi connectivity index (χ2v) is 3.87. The van der Waals surface area contributed by atoms with Gasteiger partial charge in [0.25, 0.3) is 5.92 Å². The highest BCUT2D eigenvalue weighted by Crippen LogP contribution is 2.44. The van der Waals surface area contributed by atoms with E-state index in [4.69, 9.17) is 5.73 Å². The maximum absolute atomic E-state index is 12.3. The molecule has 0 aromatic rings. The molecule has 4 heteroatoms. The highest BCUT2D eigenvalue weighted by Gasteiger charge is 2.53. The molecular weight excluding hydrogens is 156 g/mol. The number of alkyl halides is 2. The van der Waals surface area contributed by atoms with E-state index in [9.17, 15) is 8.78 Å². The summed E-state index contributed by atoms with van der Waals surface area (Å²) in [7, 11) is 0. The van der Waals surface area contributed by atoms with Gasteiger partial charge in [-0.1, -0.05) is 0 Å². The molecule has 0 heterocycles. The third-order valence-electron chi connectivity index (χ3n) is 1.65. The Labute approximate surface area is 63.4 Å². The van der Waals surface area contributed by atoms with Crippen LogP contribution in [0.5, 0.6) is 0 Å². The largest absolute Gasteiger partial charge is 0.324 e. The topological polar surface area (TPSA) is 26.0 Å². The van der Waals surface area contributed by atoms with Crippen LogP contribution in [0.3, 0.4) is 0 Å². The molecule has 0 aliphatic heterocycles. The predicted molar refractivity (Wildman–Crippen MR) is 39.5 cm³/mol. The zero-order chi connectivity index (χ0) is 7.83. The van der Waals surface area contributed by atoms with Gasteiger partial charge in [0.15, 0.2) is 0 Å². The molecule has 1 fully saturated rings. The van der Waals surface area contributed by atoms with Gasteiger partial charge in [0.2, 0.25) is 0 Å². The van der Waals surface area contributed by atoms with Gasteiger partial charge in [0.05, 0.1) is 0 Å². The third kappa shape index (κ3) is 1.61. The van der Waals surface area contributed by atoms with E-state index >= 15 is 0 Å². The third-order valence-corrected chi connectivity index (χ3v) is 2.52. The van der Waals surface area contributed by atoms with Crippen molar-refractivity contribution in [2.24, 2.45) is 5.73 Å². The first-order valence-corrected chi connectivity index (χ1v) is 4.53. The summed E-state index contributed by atoms with van der Waals surface area (Å²) in [5.74, 6) is -1.84. The van der Waals surface area contributed by atoms with Crippen LogP contribution < -0.4 is 5.73 Å². The lowest BCUT2D eigenvalue weighted by Crippen LogP contribution is -2.59. The van der Waals surface area contributed by atoms with Gasteiger partial charge in [-0.05, 0) is 6.26 Å². The highest BCUT2D eigenvalue weighted by atomic mass is 32.2. The standard InChI is InChI=1S/C6H11F2NS/c1-10-4-5(9)2-6(7,8)3-5/h2-4,9H2,1H3. The zero-order valence-electron chi connectivity index (χ0n) is 5.86. The molecule has 1 rings (SSSR count).